The van der Waals surface area contributed by atoms with E-state index >= 15 is 0 Å². The summed E-state index contributed by atoms with van der Waals surface area (Å²) in [5.41, 5.74) is 6.38. The van der Waals surface area contributed by atoms with Gasteiger partial charge in [0.2, 0.25) is 18.0 Å². The lowest BCUT2D eigenvalue weighted by Gasteiger charge is -2.07. The van der Waals surface area contributed by atoms with Crippen molar-refractivity contribution in [3.05, 3.63) is 46.6 Å². The summed E-state index contributed by atoms with van der Waals surface area (Å²) >= 11 is 0. The summed E-state index contributed by atoms with van der Waals surface area (Å²) in [4.78, 5) is 16.7. The fraction of sp³-hybridized carbons (Fsp3) is 0.111. The van der Waals surface area contributed by atoms with E-state index in [1.807, 2.05) is 0 Å². The molecule has 0 aliphatic carbocycles. The number of aliphatic imine (C=N–C) groups is 1. The summed E-state index contributed by atoms with van der Waals surface area (Å²) < 4.78 is 16.3. The number of aromatic hydroxyl groups is 1. The maximum Gasteiger partial charge on any atom is 0.235 e. The van der Waals surface area contributed by atoms with Crippen molar-refractivity contribution < 1.29 is 19.0 Å². The molecule has 2 aromatic carbocycles. The third-order valence-corrected chi connectivity index (χ3v) is 3.79. The van der Waals surface area contributed by atoms with Gasteiger partial charge in [-0.05, 0) is 43.3 Å². The summed E-state index contributed by atoms with van der Waals surface area (Å²) in [7, 11) is 0. The molecule has 3 N–H and O–H groups in total. The van der Waals surface area contributed by atoms with Gasteiger partial charge in [0, 0.05) is 5.56 Å². The lowest BCUT2D eigenvalue weighted by atomic mass is 10.1. The number of nitrogens with two attached hydrogens (primary N) is 1. The van der Waals surface area contributed by atoms with E-state index in [4.69, 9.17) is 19.6 Å². The minimum Gasteiger partial charge on any atom is -0.502 e. The number of rotatable bonds is 2. The van der Waals surface area contributed by atoms with Crippen LogP contribution < -0.4 is 20.6 Å². The van der Waals surface area contributed by atoms with Crippen molar-refractivity contribution in [2.24, 2.45) is 10.7 Å². The number of halogens is 1. The Bertz CT molecular complexity index is 1090. The van der Waals surface area contributed by atoms with E-state index in [9.17, 15) is 9.90 Å². The fourth-order valence-corrected chi connectivity index (χ4v) is 2.68. The first-order valence-corrected chi connectivity index (χ1v) is 7.53. The van der Waals surface area contributed by atoms with Crippen molar-refractivity contribution in [1.82, 2.24) is 0 Å². The maximum atomic E-state index is 12.5. The number of hydrogen-bond acceptors (Lipinski definition) is 6. The van der Waals surface area contributed by atoms with Crippen LogP contribution in [0.2, 0.25) is 0 Å². The first kappa shape index (κ1) is 17.6. The van der Waals surface area contributed by atoms with Gasteiger partial charge in [0.25, 0.3) is 0 Å². The van der Waals surface area contributed by atoms with E-state index < -0.39 is 11.2 Å². The van der Waals surface area contributed by atoms with Crippen LogP contribution in [0.3, 0.4) is 0 Å². The molecule has 134 valence electrons. The van der Waals surface area contributed by atoms with E-state index in [0.717, 1.165) is 0 Å². The van der Waals surface area contributed by atoms with Gasteiger partial charge in [0.05, 0.1) is 16.9 Å². The Hall–Kier alpha value is -3.19. The molecule has 26 heavy (non-hydrogen) atoms. The van der Waals surface area contributed by atoms with Crippen LogP contribution in [0, 0.1) is 0 Å². The van der Waals surface area contributed by atoms with Gasteiger partial charge in [-0.15, -0.1) is 12.4 Å². The molecule has 0 fully saturated rings. The molecule has 0 saturated heterocycles. The van der Waals surface area contributed by atoms with E-state index in [2.05, 4.69) is 4.99 Å². The fourth-order valence-electron chi connectivity index (χ4n) is 2.68. The molecule has 0 radical (unpaired) electrons. The SMILES string of the molecule is CC(N)=Nc1ccc2oc(-c3ccc4c(c3)OCO4)c(O)c(=O)c2c1.Cl. The van der Waals surface area contributed by atoms with Crippen molar-refractivity contribution in [3.8, 4) is 28.6 Å². The van der Waals surface area contributed by atoms with Crippen LogP contribution in [-0.4, -0.2) is 17.7 Å². The minimum atomic E-state index is -0.541. The van der Waals surface area contributed by atoms with Gasteiger partial charge in [-0.25, -0.2) is 4.99 Å². The molecule has 0 bridgehead atoms. The average molecular weight is 375 g/mol. The van der Waals surface area contributed by atoms with Crippen molar-refractivity contribution >= 4 is 34.9 Å². The third kappa shape index (κ3) is 2.93. The largest absolute Gasteiger partial charge is 0.502 e. The van der Waals surface area contributed by atoms with Gasteiger partial charge < -0.3 is 24.7 Å². The van der Waals surface area contributed by atoms with Gasteiger partial charge >= 0.3 is 0 Å². The second-order valence-electron chi connectivity index (χ2n) is 5.61. The van der Waals surface area contributed by atoms with E-state index in [0.29, 0.717) is 34.2 Å². The topological polar surface area (TPSA) is 107 Å². The molecule has 0 atom stereocenters. The highest BCUT2D eigenvalue weighted by molar-refractivity contribution is 5.87. The van der Waals surface area contributed by atoms with Crippen LogP contribution >= 0.6 is 12.4 Å². The molecule has 0 spiro atoms. The Morgan fingerprint density at radius 3 is 2.69 bits per heavy atom. The highest BCUT2D eigenvalue weighted by Crippen LogP contribution is 2.38. The number of hydrogen-bond donors (Lipinski definition) is 2. The Labute approximate surface area is 154 Å². The van der Waals surface area contributed by atoms with Gasteiger partial charge in [-0.2, -0.15) is 0 Å². The first-order chi connectivity index (χ1) is 12.0. The molecule has 4 rings (SSSR count). The Morgan fingerprint density at radius 1 is 1.15 bits per heavy atom. The second kappa shape index (κ2) is 6.61. The lowest BCUT2D eigenvalue weighted by Crippen LogP contribution is -2.04. The van der Waals surface area contributed by atoms with Crippen LogP contribution in [0.25, 0.3) is 22.3 Å². The van der Waals surface area contributed by atoms with Gasteiger partial charge in [-0.1, -0.05) is 0 Å². The molecule has 3 aromatic rings. The summed E-state index contributed by atoms with van der Waals surface area (Å²) in [6.07, 6.45) is 0. The van der Waals surface area contributed by atoms with Crippen molar-refractivity contribution in [1.29, 1.82) is 0 Å². The molecule has 0 saturated carbocycles. The van der Waals surface area contributed by atoms with Crippen LogP contribution in [-0.2, 0) is 0 Å². The Kier molecular flexibility index (Phi) is 4.48. The number of nitrogens with zero attached hydrogens (tertiary/aromatic N) is 1. The summed E-state index contributed by atoms with van der Waals surface area (Å²) in [5, 5.41) is 10.6. The Balaban J connectivity index is 0.00000196. The molecule has 2 heterocycles. The van der Waals surface area contributed by atoms with Crippen LogP contribution in [0.4, 0.5) is 5.69 Å². The van der Waals surface area contributed by atoms with Crippen molar-refractivity contribution in [2.45, 2.75) is 6.92 Å². The highest BCUT2D eigenvalue weighted by atomic mass is 35.5. The number of ether oxygens (including phenoxy) is 2. The van der Waals surface area contributed by atoms with Crippen molar-refractivity contribution in [3.63, 3.8) is 0 Å². The highest BCUT2D eigenvalue weighted by Gasteiger charge is 2.19. The third-order valence-electron chi connectivity index (χ3n) is 3.79. The molecular weight excluding hydrogens is 360 g/mol. The van der Waals surface area contributed by atoms with Crippen LogP contribution in [0.1, 0.15) is 6.92 Å². The smallest absolute Gasteiger partial charge is 0.235 e. The molecular formula is C18H15ClN2O5. The zero-order valence-electron chi connectivity index (χ0n) is 13.7. The summed E-state index contributed by atoms with van der Waals surface area (Å²) in [5.74, 6) is 1.10. The van der Waals surface area contributed by atoms with Gasteiger partial charge in [-0.3, -0.25) is 4.79 Å². The summed E-state index contributed by atoms with van der Waals surface area (Å²) in [6.45, 7) is 1.78. The quantitative estimate of drug-likeness (QED) is 0.526. The number of amidine groups is 1. The Morgan fingerprint density at radius 2 is 1.92 bits per heavy atom. The average Bonchev–Trinajstić information content (AvgIpc) is 3.05. The van der Waals surface area contributed by atoms with Crippen LogP contribution in [0.15, 0.2) is 50.6 Å². The molecule has 0 unspecified atom stereocenters. The number of benzene rings is 2. The molecule has 0 amide bonds. The predicted octanol–water partition coefficient (Wildman–Crippen LogP) is 3.32. The molecule has 1 aliphatic rings. The lowest BCUT2D eigenvalue weighted by molar-refractivity contribution is 0.174. The first-order valence-electron chi connectivity index (χ1n) is 7.53. The molecule has 8 heteroatoms. The predicted molar refractivity (Wildman–Crippen MR) is 99.9 cm³/mol. The van der Waals surface area contributed by atoms with Gasteiger partial charge in [0.1, 0.15) is 5.58 Å². The maximum absolute atomic E-state index is 12.5. The van der Waals surface area contributed by atoms with Crippen LogP contribution in [0.5, 0.6) is 17.2 Å². The monoisotopic (exact) mass is 374 g/mol. The molecule has 7 nitrogen and oxygen atoms in total. The zero-order valence-corrected chi connectivity index (χ0v) is 14.5. The standard InChI is InChI=1S/C18H14N2O5.ClH/c1-9(19)20-11-3-5-13-12(7-11)16(21)17(22)18(25-13)10-2-4-14-15(6-10)24-8-23-14;/h2-7,22H,8H2,1H3,(H2,19,20);1H. The van der Waals surface area contributed by atoms with Crippen molar-refractivity contribution in [2.75, 3.05) is 6.79 Å². The molecule has 1 aromatic heterocycles. The molecule has 1 aliphatic heterocycles. The van der Waals surface area contributed by atoms with E-state index in [1.54, 1.807) is 37.3 Å². The summed E-state index contributed by atoms with van der Waals surface area (Å²) in [6, 6.07) is 9.87. The zero-order chi connectivity index (χ0) is 17.6. The minimum absolute atomic E-state index is 0. The van der Waals surface area contributed by atoms with E-state index in [-0.39, 0.29) is 30.3 Å². The number of fused-ring (bicyclic) bond motifs is 2. The second-order valence-corrected chi connectivity index (χ2v) is 5.61. The normalized spacial score (nSPS) is 12.9. The van der Waals surface area contributed by atoms with Gasteiger partial charge in [0.15, 0.2) is 17.3 Å². The van der Waals surface area contributed by atoms with E-state index in [1.165, 1.54) is 6.07 Å².